The summed E-state index contributed by atoms with van der Waals surface area (Å²) in [5.41, 5.74) is 2.69. The Morgan fingerprint density at radius 2 is 2.00 bits per heavy atom. The van der Waals surface area contributed by atoms with Crippen molar-refractivity contribution in [1.82, 2.24) is 4.90 Å². The summed E-state index contributed by atoms with van der Waals surface area (Å²) >= 11 is 0. The van der Waals surface area contributed by atoms with Gasteiger partial charge in [0.25, 0.3) is 0 Å². The molecule has 0 amide bonds. The van der Waals surface area contributed by atoms with Crippen LogP contribution in [0.2, 0.25) is 0 Å². The van der Waals surface area contributed by atoms with Crippen LogP contribution in [0.15, 0.2) is 39.2 Å². The molecule has 128 valence electrons. The Morgan fingerprint density at radius 1 is 1.33 bits per heavy atom. The maximum atomic E-state index is 13.0. The first-order chi connectivity index (χ1) is 11.4. The summed E-state index contributed by atoms with van der Waals surface area (Å²) < 4.78 is 0. The summed E-state index contributed by atoms with van der Waals surface area (Å²) in [6.45, 7) is 3.45. The standard InChI is InChI=1S/C18H22N2O4/c1-10-12(9-15(22)23)16-13(19-10)3-4-14(21)17(16)18(24)11-5-7-20(2)8-6-11/h4,11,21H,3,5-9H2,1-2H3,(H,22,23). The number of aliphatic hydroxyl groups is 1. The van der Waals surface area contributed by atoms with Crippen LogP contribution >= 0.6 is 0 Å². The molecule has 0 radical (unpaired) electrons. The van der Waals surface area contributed by atoms with E-state index in [4.69, 9.17) is 0 Å². The maximum Gasteiger partial charge on any atom is 0.307 e. The van der Waals surface area contributed by atoms with Crippen LogP contribution in [0.1, 0.15) is 32.6 Å². The van der Waals surface area contributed by atoms with Gasteiger partial charge in [-0.2, -0.15) is 0 Å². The number of piperidine rings is 1. The minimum atomic E-state index is -0.964. The predicted octanol–water partition coefficient (Wildman–Crippen LogP) is 2.24. The molecule has 0 unspecified atom stereocenters. The zero-order valence-electron chi connectivity index (χ0n) is 14.0. The zero-order valence-corrected chi connectivity index (χ0v) is 14.0. The van der Waals surface area contributed by atoms with Crippen molar-refractivity contribution in [3.63, 3.8) is 0 Å². The first-order valence-electron chi connectivity index (χ1n) is 8.25. The topological polar surface area (TPSA) is 90.2 Å². The van der Waals surface area contributed by atoms with Crippen molar-refractivity contribution in [2.24, 2.45) is 10.9 Å². The predicted molar refractivity (Wildman–Crippen MR) is 90.0 cm³/mol. The molecular weight excluding hydrogens is 308 g/mol. The molecule has 2 aliphatic heterocycles. The Bertz CT molecular complexity index is 719. The maximum absolute atomic E-state index is 13.0. The van der Waals surface area contributed by atoms with E-state index in [9.17, 15) is 19.8 Å². The van der Waals surface area contributed by atoms with Crippen LogP contribution in [-0.4, -0.2) is 52.7 Å². The van der Waals surface area contributed by atoms with Crippen LogP contribution < -0.4 is 0 Å². The molecule has 0 aromatic carbocycles. The van der Waals surface area contributed by atoms with E-state index in [1.165, 1.54) is 0 Å². The monoisotopic (exact) mass is 330 g/mol. The van der Waals surface area contributed by atoms with E-state index >= 15 is 0 Å². The summed E-state index contributed by atoms with van der Waals surface area (Å²) in [6.07, 6.45) is 3.34. The van der Waals surface area contributed by atoms with Crippen LogP contribution in [0.4, 0.5) is 0 Å². The Balaban J connectivity index is 2.00. The number of carbonyl (C=O) groups is 2. The largest absolute Gasteiger partial charge is 0.507 e. The molecule has 3 aliphatic rings. The van der Waals surface area contributed by atoms with Crippen molar-refractivity contribution in [2.75, 3.05) is 20.1 Å². The second kappa shape index (κ2) is 6.36. The number of hydrogen-bond donors (Lipinski definition) is 2. The SMILES string of the molecule is CC1=C(CC(=O)O)C2=C(C(=O)C3CCN(C)CC3)C(O)=CCC2=N1. The highest BCUT2D eigenvalue weighted by Gasteiger charge is 2.36. The molecule has 3 rings (SSSR count). The molecule has 0 atom stereocenters. The van der Waals surface area contributed by atoms with Crippen molar-refractivity contribution in [1.29, 1.82) is 0 Å². The molecular formula is C18H22N2O4. The van der Waals surface area contributed by atoms with Gasteiger partial charge >= 0.3 is 5.97 Å². The van der Waals surface area contributed by atoms with Crippen molar-refractivity contribution in [3.05, 3.63) is 34.3 Å². The van der Waals surface area contributed by atoms with E-state index in [0.717, 1.165) is 25.9 Å². The van der Waals surface area contributed by atoms with Gasteiger partial charge < -0.3 is 15.1 Å². The number of aliphatic hydroxyl groups excluding tert-OH is 1. The molecule has 0 spiro atoms. The molecule has 0 bridgehead atoms. The molecule has 2 heterocycles. The smallest absolute Gasteiger partial charge is 0.307 e. The minimum Gasteiger partial charge on any atom is -0.507 e. The van der Waals surface area contributed by atoms with Crippen LogP contribution in [0.25, 0.3) is 0 Å². The first-order valence-corrected chi connectivity index (χ1v) is 8.25. The Morgan fingerprint density at radius 3 is 2.62 bits per heavy atom. The molecule has 0 saturated carbocycles. The number of nitrogens with zero attached hydrogens (tertiary/aromatic N) is 2. The normalized spacial score (nSPS) is 22.4. The molecule has 6 heteroatoms. The highest BCUT2D eigenvalue weighted by atomic mass is 16.4. The summed E-state index contributed by atoms with van der Waals surface area (Å²) in [7, 11) is 2.03. The van der Waals surface area contributed by atoms with Gasteiger partial charge in [0, 0.05) is 23.6 Å². The van der Waals surface area contributed by atoms with Gasteiger partial charge in [-0.15, -0.1) is 0 Å². The van der Waals surface area contributed by atoms with Gasteiger partial charge in [0.15, 0.2) is 5.78 Å². The number of aliphatic carboxylic acids is 1. The van der Waals surface area contributed by atoms with E-state index in [0.29, 0.717) is 29.0 Å². The number of rotatable bonds is 4. The number of allylic oxidation sites excluding steroid dienone is 4. The lowest BCUT2D eigenvalue weighted by Crippen LogP contribution is -2.35. The Hall–Kier alpha value is -2.21. The molecule has 6 nitrogen and oxygen atoms in total. The lowest BCUT2D eigenvalue weighted by Gasteiger charge is -2.29. The number of Topliss-reactive ketones (excluding diaryl/α,β-unsaturated/α-hetero) is 1. The molecule has 1 saturated heterocycles. The van der Waals surface area contributed by atoms with Gasteiger partial charge in [-0.05, 0) is 51.6 Å². The highest BCUT2D eigenvalue weighted by Crippen LogP contribution is 2.38. The summed E-state index contributed by atoms with van der Waals surface area (Å²) in [5.74, 6) is -1.22. The van der Waals surface area contributed by atoms with Crippen LogP contribution in [0.3, 0.4) is 0 Å². The third-order valence-electron chi connectivity index (χ3n) is 4.99. The van der Waals surface area contributed by atoms with E-state index in [1.54, 1.807) is 13.0 Å². The second-order valence-electron chi connectivity index (χ2n) is 6.68. The van der Waals surface area contributed by atoms with Crippen molar-refractivity contribution in [2.45, 2.75) is 32.6 Å². The lowest BCUT2D eigenvalue weighted by atomic mass is 9.80. The Kier molecular flexibility index (Phi) is 4.41. The average Bonchev–Trinajstić information content (AvgIpc) is 2.83. The number of fused-ring (bicyclic) bond motifs is 1. The lowest BCUT2D eigenvalue weighted by molar-refractivity contribution is -0.136. The number of carboxylic acids is 1. The molecule has 24 heavy (non-hydrogen) atoms. The van der Waals surface area contributed by atoms with Crippen molar-refractivity contribution >= 4 is 17.5 Å². The van der Waals surface area contributed by atoms with Gasteiger partial charge in [-0.25, -0.2) is 0 Å². The van der Waals surface area contributed by atoms with E-state index in [2.05, 4.69) is 9.89 Å². The fraction of sp³-hybridized carbons (Fsp3) is 0.500. The fourth-order valence-electron chi connectivity index (χ4n) is 3.64. The van der Waals surface area contributed by atoms with Gasteiger partial charge in [0.2, 0.25) is 0 Å². The van der Waals surface area contributed by atoms with E-state index in [-0.39, 0.29) is 29.5 Å². The van der Waals surface area contributed by atoms with Gasteiger partial charge in [-0.1, -0.05) is 0 Å². The average molecular weight is 330 g/mol. The quantitative estimate of drug-likeness (QED) is 0.825. The molecule has 0 aromatic rings. The number of carboxylic acid groups (broad SMARTS) is 1. The molecule has 2 N–H and O–H groups in total. The summed E-state index contributed by atoms with van der Waals surface area (Å²) in [6, 6.07) is 0. The second-order valence-corrected chi connectivity index (χ2v) is 6.68. The van der Waals surface area contributed by atoms with Crippen LogP contribution in [-0.2, 0) is 9.59 Å². The number of hydrogen-bond acceptors (Lipinski definition) is 5. The minimum absolute atomic E-state index is 0.0366. The van der Waals surface area contributed by atoms with Crippen molar-refractivity contribution in [3.8, 4) is 0 Å². The summed E-state index contributed by atoms with van der Waals surface area (Å²) in [5, 5.41) is 19.5. The number of aliphatic imine (C=N–C) groups is 1. The number of ketones is 1. The van der Waals surface area contributed by atoms with E-state index < -0.39 is 5.97 Å². The zero-order chi connectivity index (χ0) is 17.4. The first kappa shape index (κ1) is 16.6. The third kappa shape index (κ3) is 2.94. The van der Waals surface area contributed by atoms with Crippen molar-refractivity contribution < 1.29 is 19.8 Å². The Labute approximate surface area is 140 Å². The highest BCUT2D eigenvalue weighted by molar-refractivity contribution is 6.18. The molecule has 0 aromatic heterocycles. The molecule has 1 fully saturated rings. The summed E-state index contributed by atoms with van der Waals surface area (Å²) in [4.78, 5) is 30.9. The van der Waals surface area contributed by atoms with Gasteiger partial charge in [0.05, 0.1) is 17.7 Å². The number of carbonyl (C=O) groups excluding carboxylic acids is 1. The van der Waals surface area contributed by atoms with Gasteiger partial charge in [-0.3, -0.25) is 14.6 Å². The van der Waals surface area contributed by atoms with Crippen LogP contribution in [0.5, 0.6) is 0 Å². The van der Waals surface area contributed by atoms with Gasteiger partial charge in [0.1, 0.15) is 5.76 Å². The fourth-order valence-corrected chi connectivity index (χ4v) is 3.64. The third-order valence-corrected chi connectivity index (χ3v) is 4.99. The van der Waals surface area contributed by atoms with Crippen LogP contribution in [0, 0.1) is 5.92 Å². The van der Waals surface area contributed by atoms with E-state index in [1.807, 2.05) is 7.05 Å². The number of likely N-dealkylation sites (tertiary alicyclic amines) is 1. The molecule has 1 aliphatic carbocycles.